The topological polar surface area (TPSA) is 92.8 Å². The minimum absolute atomic E-state index is 0.0337. The molecule has 2 aliphatic heterocycles. The molecule has 49 heavy (non-hydrogen) atoms. The number of nitrogens with one attached hydrogen (secondary N) is 1. The summed E-state index contributed by atoms with van der Waals surface area (Å²) < 4.78 is 51.5. The molecule has 0 spiro atoms. The van der Waals surface area contributed by atoms with Crippen LogP contribution in [-0.4, -0.2) is 54.5 Å². The van der Waals surface area contributed by atoms with Crippen molar-refractivity contribution in [2.75, 3.05) is 26.3 Å². The third-order valence-electron chi connectivity index (χ3n) is 9.03. The lowest BCUT2D eigenvalue weighted by atomic mass is 9.90. The number of halogens is 3. The second kappa shape index (κ2) is 15.2. The Morgan fingerprint density at radius 2 is 1.67 bits per heavy atom. The standard InChI is InChI=1S/C38H39ClF2N2O6/c1-4-42-37-36(49-37)31-10-6-9-30(23(31)3)29-8-5-7-25(22(29)2)20-48-35-17-34(47-19-24-13-27(40)16-28(41)14-24)26(15-32(35)39)18-43-11-12-46-21-33(43)38(44)45/h5-10,13-17,33,36-37,42H,4,11-12,18-21H2,1-3H3,(H,44,45)/t33-,36?,37?/m0/s1. The van der Waals surface area contributed by atoms with Gasteiger partial charge in [-0.1, -0.05) is 54.9 Å². The molecule has 2 N–H and O–H groups in total. The highest BCUT2D eigenvalue weighted by molar-refractivity contribution is 6.32. The van der Waals surface area contributed by atoms with Crippen LogP contribution in [0.25, 0.3) is 11.1 Å². The van der Waals surface area contributed by atoms with Gasteiger partial charge < -0.3 is 24.1 Å². The van der Waals surface area contributed by atoms with Crippen molar-refractivity contribution in [3.8, 4) is 22.6 Å². The molecule has 2 saturated heterocycles. The molecule has 11 heteroatoms. The van der Waals surface area contributed by atoms with Crippen LogP contribution in [0.1, 0.15) is 46.4 Å². The first-order valence-electron chi connectivity index (χ1n) is 16.3. The molecule has 0 aromatic heterocycles. The Labute approximate surface area is 289 Å². The third kappa shape index (κ3) is 8.06. The Balaban J connectivity index is 1.25. The van der Waals surface area contributed by atoms with E-state index in [0.29, 0.717) is 40.8 Å². The number of hydrogen-bond acceptors (Lipinski definition) is 7. The SMILES string of the molecule is CCNC1OC1c1cccc(-c2cccc(COc3cc(OCc4cc(F)cc(F)c4)c(CN4CCOC[C@H]4C(=O)O)cc3Cl)c2C)c1C. The maximum absolute atomic E-state index is 13.9. The van der Waals surface area contributed by atoms with Gasteiger partial charge in [0.15, 0.2) is 0 Å². The quantitative estimate of drug-likeness (QED) is 0.141. The second-order valence-electron chi connectivity index (χ2n) is 12.3. The molecule has 0 radical (unpaired) electrons. The predicted octanol–water partition coefficient (Wildman–Crippen LogP) is 7.35. The van der Waals surface area contributed by atoms with E-state index in [9.17, 15) is 18.7 Å². The Bertz CT molecular complexity index is 1820. The normalized spacial score (nSPS) is 19.1. The van der Waals surface area contributed by atoms with E-state index >= 15 is 0 Å². The number of morpholine rings is 1. The van der Waals surface area contributed by atoms with Crippen LogP contribution in [0.4, 0.5) is 8.78 Å². The highest BCUT2D eigenvalue weighted by Crippen LogP contribution is 2.42. The number of carboxylic acids is 1. The summed E-state index contributed by atoms with van der Waals surface area (Å²) in [5, 5.41) is 13.4. The fourth-order valence-corrected chi connectivity index (χ4v) is 6.56. The summed E-state index contributed by atoms with van der Waals surface area (Å²) >= 11 is 6.76. The van der Waals surface area contributed by atoms with Crippen molar-refractivity contribution < 1.29 is 37.6 Å². The summed E-state index contributed by atoms with van der Waals surface area (Å²) in [5.41, 5.74) is 7.47. The fourth-order valence-electron chi connectivity index (χ4n) is 6.32. The molecular formula is C38H39ClF2N2O6. The number of benzene rings is 4. The van der Waals surface area contributed by atoms with Crippen molar-refractivity contribution in [1.82, 2.24) is 10.2 Å². The Kier molecular flexibility index (Phi) is 10.8. The van der Waals surface area contributed by atoms with Crippen LogP contribution in [0.2, 0.25) is 5.02 Å². The molecule has 6 rings (SSSR count). The van der Waals surface area contributed by atoms with Gasteiger partial charge in [-0.05, 0) is 77.5 Å². The van der Waals surface area contributed by atoms with Gasteiger partial charge in [0.1, 0.15) is 54.7 Å². The van der Waals surface area contributed by atoms with E-state index in [0.717, 1.165) is 46.0 Å². The molecule has 2 fully saturated rings. The monoisotopic (exact) mass is 692 g/mol. The average Bonchev–Trinajstić information content (AvgIpc) is 3.83. The van der Waals surface area contributed by atoms with Crippen molar-refractivity contribution in [2.24, 2.45) is 0 Å². The van der Waals surface area contributed by atoms with Crippen molar-refractivity contribution in [2.45, 2.75) is 58.9 Å². The average molecular weight is 693 g/mol. The molecule has 0 amide bonds. The maximum Gasteiger partial charge on any atom is 0.323 e. The zero-order valence-corrected chi connectivity index (χ0v) is 28.4. The van der Waals surface area contributed by atoms with Gasteiger partial charge in [-0.15, -0.1) is 0 Å². The zero-order valence-electron chi connectivity index (χ0n) is 27.6. The van der Waals surface area contributed by atoms with E-state index in [4.69, 9.17) is 30.5 Å². The molecule has 2 aliphatic rings. The Hall–Kier alpha value is -4.06. The minimum atomic E-state index is -0.999. The van der Waals surface area contributed by atoms with E-state index < -0.39 is 23.6 Å². The smallest absolute Gasteiger partial charge is 0.323 e. The summed E-state index contributed by atoms with van der Waals surface area (Å²) in [7, 11) is 0. The van der Waals surface area contributed by atoms with Crippen LogP contribution in [0, 0.1) is 25.5 Å². The lowest BCUT2D eigenvalue weighted by Gasteiger charge is -2.33. The summed E-state index contributed by atoms with van der Waals surface area (Å²) in [4.78, 5) is 13.7. The summed E-state index contributed by atoms with van der Waals surface area (Å²) in [6, 6.07) is 18.1. The van der Waals surface area contributed by atoms with E-state index in [-0.39, 0.29) is 38.7 Å². The molecule has 0 bridgehead atoms. The van der Waals surface area contributed by atoms with Crippen LogP contribution < -0.4 is 14.8 Å². The number of hydrogen-bond donors (Lipinski definition) is 2. The van der Waals surface area contributed by atoms with Gasteiger partial charge in [0.05, 0.1) is 18.2 Å². The molecule has 2 heterocycles. The van der Waals surface area contributed by atoms with Crippen molar-refractivity contribution >= 4 is 17.6 Å². The highest BCUT2D eigenvalue weighted by atomic mass is 35.5. The molecule has 258 valence electrons. The number of aliphatic carboxylic acids is 1. The third-order valence-corrected chi connectivity index (χ3v) is 9.32. The largest absolute Gasteiger partial charge is 0.488 e. The highest BCUT2D eigenvalue weighted by Gasteiger charge is 2.40. The lowest BCUT2D eigenvalue weighted by molar-refractivity contribution is -0.150. The van der Waals surface area contributed by atoms with Crippen LogP contribution >= 0.6 is 11.6 Å². The number of likely N-dealkylation sites (N-methyl/N-ethyl adjacent to an activating group) is 1. The van der Waals surface area contributed by atoms with Crippen molar-refractivity contribution in [1.29, 1.82) is 0 Å². The van der Waals surface area contributed by atoms with Crippen molar-refractivity contribution in [3.63, 3.8) is 0 Å². The molecule has 4 aromatic rings. The molecule has 3 atom stereocenters. The van der Waals surface area contributed by atoms with E-state index in [1.807, 2.05) is 12.1 Å². The Morgan fingerprint density at radius 1 is 0.959 bits per heavy atom. The van der Waals surface area contributed by atoms with Gasteiger partial charge in [-0.3, -0.25) is 15.0 Å². The van der Waals surface area contributed by atoms with Gasteiger partial charge in [-0.2, -0.15) is 0 Å². The number of carboxylic acid groups (broad SMARTS) is 1. The predicted molar refractivity (Wildman–Crippen MR) is 182 cm³/mol. The first-order valence-corrected chi connectivity index (χ1v) is 16.7. The van der Waals surface area contributed by atoms with E-state index in [1.54, 1.807) is 17.0 Å². The van der Waals surface area contributed by atoms with Gasteiger partial charge >= 0.3 is 5.97 Å². The number of carbonyl (C=O) groups is 1. The fraction of sp³-hybridized carbons (Fsp3) is 0.342. The second-order valence-corrected chi connectivity index (χ2v) is 12.7. The van der Waals surface area contributed by atoms with E-state index in [1.165, 1.54) is 12.1 Å². The van der Waals surface area contributed by atoms with Crippen LogP contribution in [-0.2, 0) is 34.0 Å². The summed E-state index contributed by atoms with van der Waals surface area (Å²) in [5.74, 6) is -1.72. The maximum atomic E-state index is 13.9. The van der Waals surface area contributed by atoms with Crippen LogP contribution in [0.3, 0.4) is 0 Å². The number of rotatable bonds is 13. The number of epoxide rings is 1. The summed E-state index contributed by atoms with van der Waals surface area (Å²) in [6.07, 6.45) is 0.0683. The molecule has 0 saturated carbocycles. The molecule has 4 aromatic carbocycles. The first-order chi connectivity index (χ1) is 23.6. The Morgan fingerprint density at radius 3 is 2.41 bits per heavy atom. The van der Waals surface area contributed by atoms with Gasteiger partial charge in [0.2, 0.25) is 0 Å². The van der Waals surface area contributed by atoms with Crippen LogP contribution in [0.5, 0.6) is 11.5 Å². The molecule has 8 nitrogen and oxygen atoms in total. The lowest BCUT2D eigenvalue weighted by Crippen LogP contribution is -2.49. The molecule has 2 unspecified atom stereocenters. The van der Waals surface area contributed by atoms with Crippen LogP contribution in [0.15, 0.2) is 66.7 Å². The minimum Gasteiger partial charge on any atom is -0.488 e. The number of ether oxygens (including phenoxy) is 4. The van der Waals surface area contributed by atoms with Gasteiger partial charge in [0, 0.05) is 30.8 Å². The van der Waals surface area contributed by atoms with Gasteiger partial charge in [0.25, 0.3) is 0 Å². The van der Waals surface area contributed by atoms with Gasteiger partial charge in [-0.25, -0.2) is 8.78 Å². The number of nitrogens with zero attached hydrogens (tertiary/aromatic N) is 1. The van der Waals surface area contributed by atoms with E-state index in [2.05, 4.69) is 50.4 Å². The first kappa shape index (κ1) is 34.8. The zero-order chi connectivity index (χ0) is 34.7. The van der Waals surface area contributed by atoms with Crippen molar-refractivity contribution in [3.05, 3.63) is 117 Å². The molecule has 0 aliphatic carbocycles. The summed E-state index contributed by atoms with van der Waals surface area (Å²) in [6.45, 7) is 8.19. The molecular weight excluding hydrogens is 654 g/mol.